The van der Waals surface area contributed by atoms with Gasteiger partial charge in [-0.2, -0.15) is 0 Å². The van der Waals surface area contributed by atoms with Crippen molar-refractivity contribution in [2.75, 3.05) is 0 Å². The molecule has 0 saturated heterocycles. The summed E-state index contributed by atoms with van der Waals surface area (Å²) in [7, 11) is 0. The summed E-state index contributed by atoms with van der Waals surface area (Å²) in [5.41, 5.74) is 11.1. The summed E-state index contributed by atoms with van der Waals surface area (Å²) in [6.45, 7) is 0. The molecule has 208 valence electrons. The fraction of sp³-hybridized carbons (Fsp3) is 0. The summed E-state index contributed by atoms with van der Waals surface area (Å²) < 4.78 is 7.26. The Hall–Kier alpha value is -5.32. The summed E-state index contributed by atoms with van der Waals surface area (Å²) in [6.07, 6.45) is 0. The lowest BCUT2D eigenvalue weighted by molar-refractivity contribution is 0.669. The highest BCUT2D eigenvalue weighted by molar-refractivity contribution is 9.10. The van der Waals surface area contributed by atoms with Gasteiger partial charge in [-0.25, -0.2) is 9.97 Å². The van der Waals surface area contributed by atoms with Gasteiger partial charge in [0.2, 0.25) is 0 Å². The second-order valence-corrected chi connectivity index (χ2v) is 11.7. The number of benzene rings is 6. The van der Waals surface area contributed by atoms with E-state index >= 15 is 0 Å². The second kappa shape index (κ2) is 11.1. The van der Waals surface area contributed by atoms with Crippen LogP contribution in [0.25, 0.3) is 78.1 Å². The number of hydrogen-bond donors (Lipinski definition) is 0. The first-order chi connectivity index (χ1) is 21.7. The van der Waals surface area contributed by atoms with Gasteiger partial charge in [-0.1, -0.05) is 131 Å². The van der Waals surface area contributed by atoms with Crippen LogP contribution in [-0.2, 0) is 0 Å². The van der Waals surface area contributed by atoms with Crippen molar-refractivity contribution in [2.45, 2.75) is 0 Å². The normalized spacial score (nSPS) is 11.3. The average Bonchev–Trinajstić information content (AvgIpc) is 3.47. The topological polar surface area (TPSA) is 38.9 Å². The van der Waals surface area contributed by atoms with Crippen molar-refractivity contribution in [2.24, 2.45) is 0 Å². The van der Waals surface area contributed by atoms with E-state index in [1.54, 1.807) is 0 Å². The van der Waals surface area contributed by atoms with Crippen LogP contribution in [0, 0.1) is 0 Å². The molecule has 3 nitrogen and oxygen atoms in total. The van der Waals surface area contributed by atoms with Crippen LogP contribution in [-0.4, -0.2) is 9.97 Å². The van der Waals surface area contributed by atoms with E-state index in [1.807, 2.05) is 48.5 Å². The molecule has 0 spiro atoms. The molecule has 8 rings (SSSR count). The fourth-order valence-electron chi connectivity index (χ4n) is 5.70. The summed E-state index contributed by atoms with van der Waals surface area (Å²) >= 11 is 3.57. The molecular weight excluding hydrogens is 604 g/mol. The monoisotopic (exact) mass is 628 g/mol. The van der Waals surface area contributed by atoms with Crippen LogP contribution < -0.4 is 0 Å². The Labute approximate surface area is 263 Å². The largest absolute Gasteiger partial charge is 0.456 e. The number of para-hydroxylation sites is 1. The Morgan fingerprint density at radius 2 is 0.932 bits per heavy atom. The highest BCUT2D eigenvalue weighted by Gasteiger charge is 2.14. The van der Waals surface area contributed by atoms with Gasteiger partial charge < -0.3 is 4.42 Å². The van der Waals surface area contributed by atoms with E-state index in [1.165, 1.54) is 16.7 Å². The molecule has 2 heterocycles. The van der Waals surface area contributed by atoms with Gasteiger partial charge in [0.1, 0.15) is 11.2 Å². The lowest BCUT2D eigenvalue weighted by Crippen LogP contribution is -1.96. The van der Waals surface area contributed by atoms with Gasteiger partial charge in [-0.05, 0) is 58.7 Å². The van der Waals surface area contributed by atoms with Crippen molar-refractivity contribution >= 4 is 37.9 Å². The molecule has 0 unspecified atom stereocenters. The van der Waals surface area contributed by atoms with Crippen molar-refractivity contribution in [3.05, 3.63) is 156 Å². The quantitative estimate of drug-likeness (QED) is 0.190. The molecule has 0 N–H and O–H groups in total. The average molecular weight is 630 g/mol. The molecule has 0 radical (unpaired) electrons. The van der Waals surface area contributed by atoms with Gasteiger partial charge in [-0.3, -0.25) is 0 Å². The highest BCUT2D eigenvalue weighted by Crippen LogP contribution is 2.34. The van der Waals surface area contributed by atoms with Crippen LogP contribution in [0.2, 0.25) is 0 Å². The van der Waals surface area contributed by atoms with E-state index in [9.17, 15) is 0 Å². The summed E-state index contributed by atoms with van der Waals surface area (Å²) in [4.78, 5) is 10.1. The number of nitrogens with zero attached hydrogens (tertiary/aromatic N) is 2. The van der Waals surface area contributed by atoms with Crippen LogP contribution in [0.5, 0.6) is 0 Å². The maximum atomic E-state index is 6.18. The lowest BCUT2D eigenvalue weighted by Gasteiger charge is -2.10. The Morgan fingerprint density at radius 3 is 1.64 bits per heavy atom. The molecule has 0 atom stereocenters. The highest BCUT2D eigenvalue weighted by atomic mass is 79.9. The molecule has 0 aliphatic rings. The molecule has 6 aromatic carbocycles. The van der Waals surface area contributed by atoms with Crippen LogP contribution in [0.4, 0.5) is 0 Å². The SMILES string of the molecule is Brc1cccc(-c2ccc(-c3ccc(-c4cc(-c5ccccc5)nc(-c5ccc6c(c5)oc5ccccc56)n4)cc3)cc2)c1. The van der Waals surface area contributed by atoms with E-state index in [0.717, 1.165) is 60.1 Å². The molecule has 0 aliphatic carbocycles. The Kier molecular flexibility index (Phi) is 6.62. The molecule has 8 aromatic rings. The van der Waals surface area contributed by atoms with Crippen LogP contribution in [0.1, 0.15) is 0 Å². The predicted molar refractivity (Wildman–Crippen MR) is 184 cm³/mol. The molecule has 2 aromatic heterocycles. The molecular formula is C40H25BrN2O. The molecule has 0 fully saturated rings. The lowest BCUT2D eigenvalue weighted by atomic mass is 9.99. The van der Waals surface area contributed by atoms with E-state index in [2.05, 4.69) is 119 Å². The van der Waals surface area contributed by atoms with E-state index in [0.29, 0.717) is 5.82 Å². The zero-order chi connectivity index (χ0) is 29.5. The fourth-order valence-corrected chi connectivity index (χ4v) is 6.10. The molecule has 0 aliphatic heterocycles. The maximum absolute atomic E-state index is 6.18. The zero-order valence-corrected chi connectivity index (χ0v) is 25.2. The van der Waals surface area contributed by atoms with Gasteiger partial charge in [0, 0.05) is 31.9 Å². The summed E-state index contributed by atoms with van der Waals surface area (Å²) in [5, 5.41) is 2.20. The van der Waals surface area contributed by atoms with Gasteiger partial charge >= 0.3 is 0 Å². The standard InChI is InChI=1S/C40H25BrN2O/c41-33-10-6-9-31(23-33)28-15-13-26(14-16-28)27-17-19-30(20-18-27)37-25-36(29-7-2-1-3-8-29)42-40(43-37)32-21-22-35-34-11-4-5-12-38(34)44-39(35)24-32/h1-25H. The number of halogens is 1. The van der Waals surface area contributed by atoms with Gasteiger partial charge in [-0.15, -0.1) is 0 Å². The zero-order valence-electron chi connectivity index (χ0n) is 23.6. The predicted octanol–water partition coefficient (Wildman–Crippen LogP) is 11.5. The minimum atomic E-state index is 0.663. The maximum Gasteiger partial charge on any atom is 0.160 e. The smallest absolute Gasteiger partial charge is 0.160 e. The third-order valence-corrected chi connectivity index (χ3v) is 8.48. The number of rotatable bonds is 5. The number of furan rings is 1. The van der Waals surface area contributed by atoms with E-state index < -0.39 is 0 Å². The van der Waals surface area contributed by atoms with Crippen molar-refractivity contribution in [1.29, 1.82) is 0 Å². The van der Waals surface area contributed by atoms with Crippen molar-refractivity contribution in [3.8, 4) is 56.2 Å². The Balaban J connectivity index is 1.17. The summed E-state index contributed by atoms with van der Waals surface area (Å²) in [6, 6.07) is 52.3. The van der Waals surface area contributed by atoms with Crippen molar-refractivity contribution < 1.29 is 4.42 Å². The van der Waals surface area contributed by atoms with Crippen LogP contribution >= 0.6 is 15.9 Å². The van der Waals surface area contributed by atoms with Crippen LogP contribution in [0.15, 0.2) is 161 Å². The van der Waals surface area contributed by atoms with Gasteiger partial charge in [0.25, 0.3) is 0 Å². The first-order valence-electron chi connectivity index (χ1n) is 14.5. The molecule has 0 amide bonds. The number of aromatic nitrogens is 2. The second-order valence-electron chi connectivity index (χ2n) is 10.8. The van der Waals surface area contributed by atoms with Crippen molar-refractivity contribution in [3.63, 3.8) is 0 Å². The van der Waals surface area contributed by atoms with Crippen molar-refractivity contribution in [1.82, 2.24) is 9.97 Å². The first kappa shape index (κ1) is 26.3. The first-order valence-corrected chi connectivity index (χ1v) is 15.3. The van der Waals surface area contributed by atoms with E-state index in [4.69, 9.17) is 14.4 Å². The van der Waals surface area contributed by atoms with Gasteiger partial charge in [0.15, 0.2) is 5.82 Å². The van der Waals surface area contributed by atoms with Gasteiger partial charge in [0.05, 0.1) is 11.4 Å². The van der Waals surface area contributed by atoms with Crippen LogP contribution in [0.3, 0.4) is 0 Å². The molecule has 4 heteroatoms. The third kappa shape index (κ3) is 5.00. The minimum absolute atomic E-state index is 0.663. The van der Waals surface area contributed by atoms with E-state index in [-0.39, 0.29) is 0 Å². The Morgan fingerprint density at radius 1 is 0.386 bits per heavy atom. The number of hydrogen-bond acceptors (Lipinski definition) is 3. The molecule has 0 bridgehead atoms. The third-order valence-electron chi connectivity index (χ3n) is 7.99. The minimum Gasteiger partial charge on any atom is -0.456 e. The summed E-state index contributed by atoms with van der Waals surface area (Å²) in [5.74, 6) is 0.663. The Bertz CT molecular complexity index is 2270. The molecule has 0 saturated carbocycles. The number of fused-ring (bicyclic) bond motifs is 3. The molecule has 44 heavy (non-hydrogen) atoms.